The van der Waals surface area contributed by atoms with Crippen LogP contribution in [0.2, 0.25) is 0 Å². The summed E-state index contributed by atoms with van der Waals surface area (Å²) in [7, 11) is 1.36. The molecule has 1 aliphatic heterocycles. The lowest BCUT2D eigenvalue weighted by Crippen LogP contribution is -2.52. The average Bonchev–Trinajstić information content (AvgIpc) is 2.58. The SMILES string of the molecule is COC(=O)NC1CC(C(=O)N2CCC(C)(c3ccccc3)CC2)C1. The number of rotatable bonds is 3. The Labute approximate surface area is 143 Å². The van der Waals surface area contributed by atoms with Crippen LogP contribution >= 0.6 is 0 Å². The smallest absolute Gasteiger partial charge is 0.407 e. The number of methoxy groups -OCH3 is 1. The van der Waals surface area contributed by atoms with Crippen molar-refractivity contribution >= 4 is 12.0 Å². The number of benzene rings is 1. The van der Waals surface area contributed by atoms with Gasteiger partial charge in [-0.25, -0.2) is 4.79 Å². The topological polar surface area (TPSA) is 58.6 Å². The van der Waals surface area contributed by atoms with Crippen LogP contribution in [-0.4, -0.2) is 43.1 Å². The molecule has 2 aliphatic rings. The van der Waals surface area contributed by atoms with E-state index in [1.54, 1.807) is 0 Å². The van der Waals surface area contributed by atoms with E-state index in [4.69, 9.17) is 0 Å². The average molecular weight is 330 g/mol. The molecule has 0 bridgehead atoms. The summed E-state index contributed by atoms with van der Waals surface area (Å²) in [6.45, 7) is 3.93. The lowest BCUT2D eigenvalue weighted by Gasteiger charge is -2.43. The number of alkyl carbamates (subject to hydrolysis) is 1. The van der Waals surface area contributed by atoms with E-state index in [9.17, 15) is 9.59 Å². The minimum atomic E-state index is -0.414. The van der Waals surface area contributed by atoms with Gasteiger partial charge in [0.1, 0.15) is 0 Å². The Kier molecular flexibility index (Phi) is 4.78. The fourth-order valence-electron chi connectivity index (χ4n) is 3.77. The maximum absolute atomic E-state index is 12.6. The monoisotopic (exact) mass is 330 g/mol. The van der Waals surface area contributed by atoms with Gasteiger partial charge in [-0.2, -0.15) is 0 Å². The van der Waals surface area contributed by atoms with Gasteiger partial charge in [-0.1, -0.05) is 37.3 Å². The molecular weight excluding hydrogens is 304 g/mol. The molecule has 5 heteroatoms. The third-order valence-electron chi connectivity index (χ3n) is 5.64. The standard InChI is InChI=1S/C19H26N2O3/c1-19(15-6-4-3-5-7-15)8-10-21(11-9-19)17(22)14-12-16(13-14)20-18(23)24-2/h3-7,14,16H,8-13H2,1-2H3,(H,20,23). The summed E-state index contributed by atoms with van der Waals surface area (Å²) in [4.78, 5) is 25.8. The highest BCUT2D eigenvalue weighted by Crippen LogP contribution is 2.37. The predicted molar refractivity (Wildman–Crippen MR) is 91.7 cm³/mol. The van der Waals surface area contributed by atoms with Crippen molar-refractivity contribution in [2.45, 2.75) is 44.1 Å². The van der Waals surface area contributed by atoms with Gasteiger partial charge in [0.2, 0.25) is 5.91 Å². The van der Waals surface area contributed by atoms with Crippen LogP contribution in [-0.2, 0) is 14.9 Å². The first-order valence-electron chi connectivity index (χ1n) is 8.70. The van der Waals surface area contributed by atoms with Crippen LogP contribution in [0.1, 0.15) is 38.2 Å². The van der Waals surface area contributed by atoms with Crippen molar-refractivity contribution in [1.29, 1.82) is 0 Å². The second-order valence-corrected chi connectivity index (χ2v) is 7.25. The van der Waals surface area contributed by atoms with Gasteiger partial charge in [0, 0.05) is 25.0 Å². The molecule has 1 N–H and O–H groups in total. The van der Waals surface area contributed by atoms with Crippen molar-refractivity contribution in [3.05, 3.63) is 35.9 Å². The molecule has 0 radical (unpaired) electrons. The van der Waals surface area contributed by atoms with Crippen molar-refractivity contribution < 1.29 is 14.3 Å². The summed E-state index contributed by atoms with van der Waals surface area (Å²) in [5.74, 6) is 0.293. The third-order valence-corrected chi connectivity index (χ3v) is 5.64. The second-order valence-electron chi connectivity index (χ2n) is 7.25. The molecule has 1 aromatic rings. The number of carbonyl (C=O) groups excluding carboxylic acids is 2. The molecule has 0 spiro atoms. The molecular formula is C19H26N2O3. The number of piperidine rings is 1. The lowest BCUT2D eigenvalue weighted by atomic mass is 9.73. The molecule has 3 rings (SSSR count). The number of carbonyl (C=O) groups is 2. The Morgan fingerprint density at radius 2 is 1.79 bits per heavy atom. The molecule has 2 amide bonds. The van der Waals surface area contributed by atoms with Crippen molar-refractivity contribution in [1.82, 2.24) is 10.2 Å². The fourth-order valence-corrected chi connectivity index (χ4v) is 3.77. The number of hydrogen-bond acceptors (Lipinski definition) is 3. The normalized spacial score (nSPS) is 25.5. The van der Waals surface area contributed by atoms with Gasteiger partial charge in [0.05, 0.1) is 7.11 Å². The van der Waals surface area contributed by atoms with Crippen LogP contribution < -0.4 is 5.32 Å². The zero-order chi connectivity index (χ0) is 17.2. The highest BCUT2D eigenvalue weighted by atomic mass is 16.5. The van der Waals surface area contributed by atoms with Gasteiger partial charge in [-0.3, -0.25) is 4.79 Å². The molecule has 1 aliphatic carbocycles. The molecule has 1 saturated heterocycles. The van der Waals surface area contributed by atoms with Crippen molar-refractivity contribution in [2.75, 3.05) is 20.2 Å². The van der Waals surface area contributed by atoms with Crippen molar-refractivity contribution in [3.8, 4) is 0 Å². The molecule has 24 heavy (non-hydrogen) atoms. The quantitative estimate of drug-likeness (QED) is 0.927. The molecule has 1 aromatic carbocycles. The van der Waals surface area contributed by atoms with Gasteiger partial charge in [-0.05, 0) is 36.7 Å². The summed E-state index contributed by atoms with van der Waals surface area (Å²) in [5.41, 5.74) is 1.52. The predicted octanol–water partition coefficient (Wildman–Crippen LogP) is 2.70. The Hall–Kier alpha value is -2.04. The largest absolute Gasteiger partial charge is 0.453 e. The minimum absolute atomic E-state index is 0.0493. The van der Waals surface area contributed by atoms with Crippen LogP contribution in [0.5, 0.6) is 0 Å². The lowest BCUT2D eigenvalue weighted by molar-refractivity contribution is -0.140. The first kappa shape index (κ1) is 16.8. The minimum Gasteiger partial charge on any atom is -0.453 e. The maximum Gasteiger partial charge on any atom is 0.407 e. The van der Waals surface area contributed by atoms with Gasteiger partial charge in [-0.15, -0.1) is 0 Å². The summed E-state index contributed by atoms with van der Waals surface area (Å²) < 4.78 is 4.59. The first-order chi connectivity index (χ1) is 11.5. The number of likely N-dealkylation sites (tertiary alicyclic amines) is 1. The summed E-state index contributed by atoms with van der Waals surface area (Å²) in [5, 5.41) is 2.76. The Morgan fingerprint density at radius 3 is 2.38 bits per heavy atom. The number of hydrogen-bond donors (Lipinski definition) is 1. The molecule has 0 atom stereocenters. The number of ether oxygens (including phenoxy) is 1. The van der Waals surface area contributed by atoms with Crippen LogP contribution in [0, 0.1) is 5.92 Å². The van der Waals surface area contributed by atoms with Gasteiger partial charge in [0.25, 0.3) is 0 Å². The molecule has 1 heterocycles. The third kappa shape index (κ3) is 3.40. The van der Waals surface area contributed by atoms with E-state index >= 15 is 0 Å². The van der Waals surface area contributed by atoms with E-state index in [0.717, 1.165) is 38.8 Å². The maximum atomic E-state index is 12.6. The van der Waals surface area contributed by atoms with Crippen LogP contribution in [0.3, 0.4) is 0 Å². The van der Waals surface area contributed by atoms with E-state index in [-0.39, 0.29) is 23.3 Å². The first-order valence-corrected chi connectivity index (χ1v) is 8.70. The number of amides is 2. The summed E-state index contributed by atoms with van der Waals surface area (Å²) in [6.07, 6.45) is 3.03. The van der Waals surface area contributed by atoms with Gasteiger partial charge < -0.3 is 15.0 Å². The Balaban J connectivity index is 1.49. The fraction of sp³-hybridized carbons (Fsp3) is 0.579. The van der Waals surface area contributed by atoms with E-state index in [1.807, 2.05) is 11.0 Å². The molecule has 1 saturated carbocycles. The van der Waals surface area contributed by atoms with Crippen molar-refractivity contribution in [3.63, 3.8) is 0 Å². The number of nitrogens with one attached hydrogen (secondary N) is 1. The number of nitrogens with zero attached hydrogens (tertiary/aromatic N) is 1. The Morgan fingerprint density at radius 1 is 1.17 bits per heavy atom. The zero-order valence-corrected chi connectivity index (χ0v) is 14.5. The van der Waals surface area contributed by atoms with Crippen LogP contribution in [0.4, 0.5) is 4.79 Å². The van der Waals surface area contributed by atoms with Crippen molar-refractivity contribution in [2.24, 2.45) is 5.92 Å². The van der Waals surface area contributed by atoms with E-state index in [2.05, 4.69) is 41.2 Å². The molecule has 0 aromatic heterocycles. The molecule has 5 nitrogen and oxygen atoms in total. The molecule has 130 valence electrons. The van der Waals surface area contributed by atoms with Crippen LogP contribution in [0.15, 0.2) is 30.3 Å². The van der Waals surface area contributed by atoms with Gasteiger partial charge >= 0.3 is 6.09 Å². The Bertz CT molecular complexity index is 588. The van der Waals surface area contributed by atoms with E-state index in [0.29, 0.717) is 0 Å². The highest BCUT2D eigenvalue weighted by molar-refractivity contribution is 5.80. The van der Waals surface area contributed by atoms with E-state index in [1.165, 1.54) is 12.7 Å². The van der Waals surface area contributed by atoms with Gasteiger partial charge in [0.15, 0.2) is 0 Å². The summed E-state index contributed by atoms with van der Waals surface area (Å²) >= 11 is 0. The second kappa shape index (κ2) is 6.83. The summed E-state index contributed by atoms with van der Waals surface area (Å²) in [6, 6.07) is 10.7. The highest BCUT2D eigenvalue weighted by Gasteiger charge is 2.40. The molecule has 2 fully saturated rings. The zero-order valence-electron chi connectivity index (χ0n) is 14.5. The molecule has 0 unspecified atom stereocenters. The van der Waals surface area contributed by atoms with E-state index < -0.39 is 6.09 Å². The van der Waals surface area contributed by atoms with Crippen LogP contribution in [0.25, 0.3) is 0 Å².